The maximum Gasteiger partial charge on any atom is -0.0287 e. The molecule has 0 aromatic heterocycles. The van der Waals surface area contributed by atoms with Crippen LogP contribution in [-0.2, 0) is 0 Å². The van der Waals surface area contributed by atoms with Crippen LogP contribution in [0.3, 0.4) is 0 Å². The largest absolute Gasteiger partial charge is 0.0843 e. The van der Waals surface area contributed by atoms with Crippen LogP contribution in [0.4, 0.5) is 0 Å². The molecule has 124 valence electrons. The Morgan fingerprint density at radius 1 is 0.714 bits per heavy atom. The Hall–Kier alpha value is -0.520. The fourth-order valence-electron chi connectivity index (χ4n) is 2.95. The summed E-state index contributed by atoms with van der Waals surface area (Å²) in [5, 5.41) is 0. The van der Waals surface area contributed by atoms with E-state index in [0.29, 0.717) is 5.92 Å². The molecule has 0 amide bonds. The van der Waals surface area contributed by atoms with Crippen LogP contribution in [0.5, 0.6) is 0 Å². The SMILES string of the molecule is CCCC(CCC(CC=CC=CC(C)C)C(C)C)C(C)C. The summed E-state index contributed by atoms with van der Waals surface area (Å²) in [6, 6.07) is 0. The third kappa shape index (κ3) is 10.8. The maximum atomic E-state index is 2.39. The minimum Gasteiger partial charge on any atom is -0.0843 e. The van der Waals surface area contributed by atoms with E-state index in [-0.39, 0.29) is 0 Å². The molecule has 0 spiro atoms. The van der Waals surface area contributed by atoms with Gasteiger partial charge in [0.05, 0.1) is 0 Å². The molecule has 0 saturated carbocycles. The lowest BCUT2D eigenvalue weighted by atomic mass is 9.81. The Bertz CT molecular complexity index is 280. The van der Waals surface area contributed by atoms with E-state index in [1.54, 1.807) is 0 Å². The first-order chi connectivity index (χ1) is 9.88. The Balaban J connectivity index is 4.30. The predicted molar refractivity (Wildman–Crippen MR) is 98.5 cm³/mol. The number of hydrogen-bond donors (Lipinski definition) is 0. The zero-order chi connectivity index (χ0) is 16.3. The Kier molecular flexibility index (Phi) is 11.8. The lowest BCUT2D eigenvalue weighted by molar-refractivity contribution is 0.271. The molecule has 0 saturated heterocycles. The average molecular weight is 293 g/mol. The molecule has 0 fully saturated rings. The van der Waals surface area contributed by atoms with Crippen LogP contribution in [-0.4, -0.2) is 0 Å². The van der Waals surface area contributed by atoms with Gasteiger partial charge < -0.3 is 0 Å². The molecule has 2 unspecified atom stereocenters. The van der Waals surface area contributed by atoms with E-state index in [0.717, 1.165) is 23.7 Å². The van der Waals surface area contributed by atoms with E-state index >= 15 is 0 Å². The second-order valence-electron chi connectivity index (χ2n) is 7.67. The normalized spacial score (nSPS) is 15.9. The first kappa shape index (κ1) is 20.5. The zero-order valence-corrected chi connectivity index (χ0v) is 15.7. The van der Waals surface area contributed by atoms with Crippen molar-refractivity contribution in [2.45, 2.75) is 80.6 Å². The molecular formula is C21H40. The van der Waals surface area contributed by atoms with Gasteiger partial charge in [0.15, 0.2) is 0 Å². The Morgan fingerprint density at radius 2 is 1.29 bits per heavy atom. The monoisotopic (exact) mass is 292 g/mol. The van der Waals surface area contributed by atoms with Crippen LogP contribution in [0.25, 0.3) is 0 Å². The van der Waals surface area contributed by atoms with E-state index in [1.807, 2.05) is 0 Å². The summed E-state index contributed by atoms with van der Waals surface area (Å²) in [7, 11) is 0. The van der Waals surface area contributed by atoms with Gasteiger partial charge in [-0.25, -0.2) is 0 Å². The fraction of sp³-hybridized carbons (Fsp3) is 0.810. The van der Waals surface area contributed by atoms with Gasteiger partial charge in [0.1, 0.15) is 0 Å². The molecule has 2 atom stereocenters. The number of rotatable bonds is 11. The molecule has 0 N–H and O–H groups in total. The first-order valence-electron chi connectivity index (χ1n) is 9.21. The van der Waals surface area contributed by atoms with Gasteiger partial charge >= 0.3 is 0 Å². The van der Waals surface area contributed by atoms with Crippen LogP contribution in [0.2, 0.25) is 0 Å². The second kappa shape index (κ2) is 12.1. The standard InChI is InChI=1S/C21H40/c1-8-12-20(18(4)5)15-16-21(19(6)7)14-11-9-10-13-17(2)3/h9-11,13,17-21H,8,12,14-16H2,1-7H3. The van der Waals surface area contributed by atoms with Gasteiger partial charge in [-0.15, -0.1) is 0 Å². The van der Waals surface area contributed by atoms with Gasteiger partial charge in [-0.3, -0.25) is 0 Å². The lowest BCUT2D eigenvalue weighted by Crippen LogP contribution is -2.14. The van der Waals surface area contributed by atoms with Gasteiger partial charge in [-0.2, -0.15) is 0 Å². The first-order valence-corrected chi connectivity index (χ1v) is 9.21. The van der Waals surface area contributed by atoms with Crippen molar-refractivity contribution in [2.75, 3.05) is 0 Å². The lowest BCUT2D eigenvalue weighted by Gasteiger charge is -2.25. The van der Waals surface area contributed by atoms with E-state index in [9.17, 15) is 0 Å². The van der Waals surface area contributed by atoms with Crippen LogP contribution in [0.1, 0.15) is 80.6 Å². The average Bonchev–Trinajstić information content (AvgIpc) is 2.39. The smallest absolute Gasteiger partial charge is 0.0287 e. The van der Waals surface area contributed by atoms with Gasteiger partial charge in [0, 0.05) is 0 Å². The molecule has 0 bridgehead atoms. The molecule has 0 rings (SSSR count). The highest BCUT2D eigenvalue weighted by Crippen LogP contribution is 2.29. The van der Waals surface area contributed by atoms with Crippen molar-refractivity contribution >= 4 is 0 Å². The molecule has 0 heterocycles. The van der Waals surface area contributed by atoms with Crippen molar-refractivity contribution in [2.24, 2.45) is 29.6 Å². The molecule has 0 aromatic rings. The maximum absolute atomic E-state index is 2.39. The molecule has 0 radical (unpaired) electrons. The Labute approximate surface area is 135 Å². The van der Waals surface area contributed by atoms with Crippen LogP contribution in [0, 0.1) is 29.6 Å². The van der Waals surface area contributed by atoms with Crippen molar-refractivity contribution in [1.29, 1.82) is 0 Å². The van der Waals surface area contributed by atoms with Crippen molar-refractivity contribution in [3.63, 3.8) is 0 Å². The van der Waals surface area contributed by atoms with Gasteiger partial charge in [-0.05, 0) is 48.9 Å². The van der Waals surface area contributed by atoms with E-state index in [1.165, 1.54) is 32.1 Å². The summed E-state index contributed by atoms with van der Waals surface area (Å²) >= 11 is 0. The minimum absolute atomic E-state index is 0.649. The highest BCUT2D eigenvalue weighted by molar-refractivity contribution is 5.03. The van der Waals surface area contributed by atoms with Gasteiger partial charge in [0.2, 0.25) is 0 Å². The quantitative estimate of drug-likeness (QED) is 0.351. The second-order valence-corrected chi connectivity index (χ2v) is 7.67. The van der Waals surface area contributed by atoms with Crippen LogP contribution < -0.4 is 0 Å². The highest BCUT2D eigenvalue weighted by Gasteiger charge is 2.17. The molecule has 0 aliphatic heterocycles. The fourth-order valence-corrected chi connectivity index (χ4v) is 2.95. The zero-order valence-electron chi connectivity index (χ0n) is 15.7. The number of hydrogen-bond acceptors (Lipinski definition) is 0. The van der Waals surface area contributed by atoms with Crippen molar-refractivity contribution < 1.29 is 0 Å². The van der Waals surface area contributed by atoms with E-state index in [2.05, 4.69) is 72.8 Å². The van der Waals surface area contributed by atoms with Crippen molar-refractivity contribution in [3.05, 3.63) is 24.3 Å². The predicted octanol–water partition coefficient (Wildman–Crippen LogP) is 7.27. The molecule has 0 aliphatic rings. The van der Waals surface area contributed by atoms with Gasteiger partial charge in [-0.1, -0.05) is 85.6 Å². The molecule has 0 aromatic carbocycles. The summed E-state index contributed by atoms with van der Waals surface area (Å²) in [4.78, 5) is 0. The summed E-state index contributed by atoms with van der Waals surface area (Å²) < 4.78 is 0. The molecule has 21 heavy (non-hydrogen) atoms. The Morgan fingerprint density at radius 3 is 1.76 bits per heavy atom. The molecule has 0 aliphatic carbocycles. The summed E-state index contributed by atoms with van der Waals surface area (Å²) in [6.45, 7) is 16.3. The molecule has 0 heteroatoms. The topological polar surface area (TPSA) is 0 Å². The van der Waals surface area contributed by atoms with Crippen LogP contribution in [0.15, 0.2) is 24.3 Å². The number of allylic oxidation sites excluding steroid dienone is 4. The minimum atomic E-state index is 0.649. The molecule has 0 nitrogen and oxygen atoms in total. The summed E-state index contributed by atoms with van der Waals surface area (Å²) in [6.07, 6.45) is 15.8. The highest BCUT2D eigenvalue weighted by atomic mass is 14.2. The summed E-state index contributed by atoms with van der Waals surface area (Å²) in [5.41, 5.74) is 0. The van der Waals surface area contributed by atoms with Gasteiger partial charge in [0.25, 0.3) is 0 Å². The molecular weight excluding hydrogens is 252 g/mol. The van der Waals surface area contributed by atoms with E-state index < -0.39 is 0 Å². The van der Waals surface area contributed by atoms with Crippen LogP contribution >= 0.6 is 0 Å². The van der Waals surface area contributed by atoms with Crippen molar-refractivity contribution in [1.82, 2.24) is 0 Å². The summed E-state index contributed by atoms with van der Waals surface area (Å²) in [5.74, 6) is 4.03. The third-order valence-electron chi connectivity index (χ3n) is 4.64. The van der Waals surface area contributed by atoms with E-state index in [4.69, 9.17) is 0 Å². The van der Waals surface area contributed by atoms with Crippen molar-refractivity contribution in [3.8, 4) is 0 Å². The third-order valence-corrected chi connectivity index (χ3v) is 4.64.